The van der Waals surface area contributed by atoms with Gasteiger partial charge in [-0.25, -0.2) is 8.42 Å². The molecule has 0 spiro atoms. The summed E-state index contributed by atoms with van der Waals surface area (Å²) in [6.07, 6.45) is 1.17. The normalized spacial score (nSPS) is 16.4. The molecule has 0 atom stereocenters. The highest BCUT2D eigenvalue weighted by atomic mass is 32.2. The molecule has 1 aromatic rings. The summed E-state index contributed by atoms with van der Waals surface area (Å²) >= 11 is 0. The second-order valence-electron chi connectivity index (χ2n) is 4.65. The molecule has 0 aromatic carbocycles. The number of aromatic nitrogens is 1. The standard InChI is InChI=1S/C13H18N2O6S/c1-2-21-13(17)10-14-9-11(3-4-12(14)16)22(18,19)15-5-7-20-8-6-15/h3-4,9H,2,5-8,10H2,1H3. The zero-order chi connectivity index (χ0) is 16.2. The van der Waals surface area contributed by atoms with Crippen LogP contribution in [0.3, 0.4) is 0 Å². The van der Waals surface area contributed by atoms with E-state index in [2.05, 4.69) is 0 Å². The van der Waals surface area contributed by atoms with E-state index in [1.165, 1.54) is 16.6 Å². The lowest BCUT2D eigenvalue weighted by Crippen LogP contribution is -2.41. The van der Waals surface area contributed by atoms with Gasteiger partial charge in [-0.2, -0.15) is 4.31 Å². The van der Waals surface area contributed by atoms with E-state index in [-0.39, 0.29) is 31.1 Å². The Hall–Kier alpha value is -1.71. The van der Waals surface area contributed by atoms with Gasteiger partial charge >= 0.3 is 5.97 Å². The van der Waals surface area contributed by atoms with Gasteiger partial charge in [0.05, 0.1) is 24.7 Å². The Balaban J connectivity index is 2.28. The number of ether oxygens (including phenoxy) is 2. The lowest BCUT2D eigenvalue weighted by atomic mass is 10.4. The molecule has 0 unspecified atom stereocenters. The number of hydrogen-bond acceptors (Lipinski definition) is 6. The number of rotatable bonds is 5. The first kappa shape index (κ1) is 16.7. The predicted octanol–water partition coefficient (Wildman–Crippen LogP) is -0.568. The zero-order valence-corrected chi connectivity index (χ0v) is 13.0. The van der Waals surface area contributed by atoms with Crippen LogP contribution in [-0.4, -0.2) is 56.2 Å². The molecule has 0 N–H and O–H groups in total. The highest BCUT2D eigenvalue weighted by Gasteiger charge is 2.27. The van der Waals surface area contributed by atoms with E-state index in [9.17, 15) is 18.0 Å². The Morgan fingerprint density at radius 1 is 1.32 bits per heavy atom. The molecular formula is C13H18N2O6S. The van der Waals surface area contributed by atoms with Gasteiger partial charge in [0.1, 0.15) is 6.54 Å². The molecule has 9 heteroatoms. The molecule has 8 nitrogen and oxygen atoms in total. The summed E-state index contributed by atoms with van der Waals surface area (Å²) < 4.78 is 37.2. The maximum absolute atomic E-state index is 12.5. The molecule has 0 saturated carbocycles. The molecule has 0 radical (unpaired) electrons. The molecule has 2 heterocycles. The van der Waals surface area contributed by atoms with Gasteiger partial charge < -0.3 is 14.0 Å². The molecule has 1 saturated heterocycles. The summed E-state index contributed by atoms with van der Waals surface area (Å²) in [7, 11) is -3.71. The van der Waals surface area contributed by atoms with Crippen molar-refractivity contribution in [3.8, 4) is 0 Å². The van der Waals surface area contributed by atoms with Crippen LogP contribution in [0.25, 0.3) is 0 Å². The summed E-state index contributed by atoms with van der Waals surface area (Å²) in [5, 5.41) is 0. The van der Waals surface area contributed by atoms with Gasteiger partial charge in [-0.15, -0.1) is 0 Å². The van der Waals surface area contributed by atoms with Crippen molar-refractivity contribution in [2.45, 2.75) is 18.4 Å². The van der Waals surface area contributed by atoms with Gasteiger partial charge in [0, 0.05) is 25.4 Å². The van der Waals surface area contributed by atoms with Crippen molar-refractivity contribution in [3.63, 3.8) is 0 Å². The number of esters is 1. The Labute approximate surface area is 128 Å². The van der Waals surface area contributed by atoms with E-state index in [0.29, 0.717) is 13.2 Å². The fraction of sp³-hybridized carbons (Fsp3) is 0.538. The Morgan fingerprint density at radius 3 is 2.64 bits per heavy atom. The third-order valence-corrected chi connectivity index (χ3v) is 5.05. The summed E-state index contributed by atoms with van der Waals surface area (Å²) in [4.78, 5) is 23.2. The maximum Gasteiger partial charge on any atom is 0.326 e. The molecule has 1 aliphatic heterocycles. The van der Waals surface area contributed by atoms with Crippen molar-refractivity contribution in [3.05, 3.63) is 28.7 Å². The number of pyridine rings is 1. The summed E-state index contributed by atoms with van der Waals surface area (Å²) in [6.45, 7) is 2.72. The van der Waals surface area contributed by atoms with E-state index < -0.39 is 21.6 Å². The van der Waals surface area contributed by atoms with Gasteiger partial charge in [-0.05, 0) is 13.0 Å². The second-order valence-corrected chi connectivity index (χ2v) is 6.59. The van der Waals surface area contributed by atoms with Gasteiger partial charge in [0.15, 0.2) is 0 Å². The van der Waals surface area contributed by atoms with Crippen molar-refractivity contribution in [2.24, 2.45) is 0 Å². The smallest absolute Gasteiger partial charge is 0.326 e. The van der Waals surface area contributed by atoms with Gasteiger partial charge in [-0.3, -0.25) is 9.59 Å². The van der Waals surface area contributed by atoms with Crippen molar-refractivity contribution in [1.82, 2.24) is 8.87 Å². The highest BCUT2D eigenvalue weighted by molar-refractivity contribution is 7.89. The number of morpholine rings is 1. The maximum atomic E-state index is 12.5. The average molecular weight is 330 g/mol. The first-order valence-electron chi connectivity index (χ1n) is 6.89. The molecule has 1 aliphatic rings. The number of hydrogen-bond donors (Lipinski definition) is 0. The zero-order valence-electron chi connectivity index (χ0n) is 12.2. The van der Waals surface area contributed by atoms with E-state index in [4.69, 9.17) is 9.47 Å². The number of carbonyl (C=O) groups is 1. The first-order valence-corrected chi connectivity index (χ1v) is 8.33. The monoisotopic (exact) mass is 330 g/mol. The fourth-order valence-electron chi connectivity index (χ4n) is 2.07. The van der Waals surface area contributed by atoms with Crippen LogP contribution in [0.4, 0.5) is 0 Å². The molecule has 122 valence electrons. The summed E-state index contributed by atoms with van der Waals surface area (Å²) in [5.74, 6) is -0.592. The molecule has 22 heavy (non-hydrogen) atoms. The molecule has 1 aromatic heterocycles. The van der Waals surface area contributed by atoms with Crippen molar-refractivity contribution in [1.29, 1.82) is 0 Å². The Kier molecular flexibility index (Phi) is 5.33. The summed E-state index contributed by atoms with van der Waals surface area (Å²) in [6, 6.07) is 2.38. The molecule has 2 rings (SSSR count). The van der Waals surface area contributed by atoms with E-state index in [1.54, 1.807) is 6.92 Å². The van der Waals surface area contributed by atoms with E-state index in [1.807, 2.05) is 0 Å². The minimum Gasteiger partial charge on any atom is -0.465 e. The van der Waals surface area contributed by atoms with Crippen LogP contribution in [-0.2, 0) is 30.8 Å². The molecular weight excluding hydrogens is 312 g/mol. The quantitative estimate of drug-likeness (QED) is 0.671. The minimum absolute atomic E-state index is 0.0294. The van der Waals surface area contributed by atoms with Gasteiger partial charge in [-0.1, -0.05) is 0 Å². The SMILES string of the molecule is CCOC(=O)Cn1cc(S(=O)(=O)N2CCOCC2)ccc1=O. The third kappa shape index (κ3) is 3.73. The average Bonchev–Trinajstić information content (AvgIpc) is 2.50. The van der Waals surface area contributed by atoms with Crippen LogP contribution >= 0.6 is 0 Å². The Bertz CT molecular complexity index is 691. The highest BCUT2D eigenvalue weighted by Crippen LogP contribution is 2.15. The lowest BCUT2D eigenvalue weighted by Gasteiger charge is -2.26. The topological polar surface area (TPSA) is 94.9 Å². The van der Waals surface area contributed by atoms with Crippen LogP contribution in [0.15, 0.2) is 28.0 Å². The first-order chi connectivity index (χ1) is 10.4. The van der Waals surface area contributed by atoms with Gasteiger partial charge in [0.2, 0.25) is 10.0 Å². The van der Waals surface area contributed by atoms with Gasteiger partial charge in [0.25, 0.3) is 5.56 Å². The number of carbonyl (C=O) groups excluding carboxylic acids is 1. The Morgan fingerprint density at radius 2 is 2.00 bits per heavy atom. The largest absolute Gasteiger partial charge is 0.465 e. The van der Waals surface area contributed by atoms with E-state index in [0.717, 1.165) is 10.6 Å². The van der Waals surface area contributed by atoms with Crippen molar-refractivity contribution in [2.75, 3.05) is 32.9 Å². The summed E-state index contributed by atoms with van der Waals surface area (Å²) in [5.41, 5.74) is -0.464. The van der Waals surface area contributed by atoms with Crippen molar-refractivity contribution < 1.29 is 22.7 Å². The fourth-order valence-corrected chi connectivity index (χ4v) is 3.50. The molecule has 0 bridgehead atoms. The van der Waals surface area contributed by atoms with E-state index >= 15 is 0 Å². The van der Waals surface area contributed by atoms with Crippen LogP contribution < -0.4 is 5.56 Å². The molecule has 1 fully saturated rings. The number of nitrogens with zero attached hydrogens (tertiary/aromatic N) is 2. The molecule has 0 aliphatic carbocycles. The second kappa shape index (κ2) is 7.03. The molecule has 0 amide bonds. The van der Waals surface area contributed by atoms with Crippen LogP contribution in [0.2, 0.25) is 0 Å². The number of sulfonamides is 1. The van der Waals surface area contributed by atoms with Crippen LogP contribution in [0.5, 0.6) is 0 Å². The predicted molar refractivity (Wildman–Crippen MR) is 76.9 cm³/mol. The van der Waals surface area contributed by atoms with Crippen LogP contribution in [0.1, 0.15) is 6.92 Å². The lowest BCUT2D eigenvalue weighted by molar-refractivity contribution is -0.143. The van der Waals surface area contributed by atoms with Crippen molar-refractivity contribution >= 4 is 16.0 Å². The van der Waals surface area contributed by atoms with Crippen LogP contribution in [0, 0.1) is 0 Å². The minimum atomic E-state index is -3.71. The third-order valence-electron chi connectivity index (χ3n) is 3.17.